The van der Waals surface area contributed by atoms with Crippen LogP contribution in [0.15, 0.2) is 78.9 Å². The molecule has 0 aromatic heterocycles. The molecule has 1 spiro atoms. The number of benzene rings is 2. The third-order valence-electron chi connectivity index (χ3n) is 10.4. The predicted octanol–water partition coefficient (Wildman–Crippen LogP) is 4.71. The smallest absolute Gasteiger partial charge is 0.313 e. The average Bonchev–Trinajstić information content (AvgIpc) is 3.48. The molecule has 49 heavy (non-hydrogen) atoms. The highest BCUT2D eigenvalue weighted by Gasteiger charge is 2.72. The second kappa shape index (κ2) is 14.1. The van der Waals surface area contributed by atoms with Crippen LogP contribution < -0.4 is 4.90 Å². The Hall–Kier alpha value is -3.99. The van der Waals surface area contributed by atoms with Gasteiger partial charge in [0.2, 0.25) is 11.8 Å². The lowest BCUT2D eigenvalue weighted by molar-refractivity contribution is -0.164. The molecule has 2 fully saturated rings. The van der Waals surface area contributed by atoms with Gasteiger partial charge in [-0.15, -0.1) is 0 Å². The molecule has 4 aliphatic heterocycles. The predicted molar refractivity (Wildman–Crippen MR) is 184 cm³/mol. The number of hydrogen-bond donors (Lipinski definition) is 1. The Bertz CT molecular complexity index is 1630. The molecule has 2 saturated heterocycles. The van der Waals surface area contributed by atoms with Crippen LogP contribution in [0.3, 0.4) is 0 Å². The minimum atomic E-state index is -1.53. The van der Waals surface area contributed by atoms with Gasteiger partial charge in [0.15, 0.2) is 0 Å². The molecular weight excluding hydrogens is 646 g/mol. The van der Waals surface area contributed by atoms with E-state index in [0.717, 1.165) is 0 Å². The van der Waals surface area contributed by atoms with E-state index in [2.05, 4.69) is 0 Å². The highest BCUT2D eigenvalue weighted by atomic mass is 35.5. The van der Waals surface area contributed by atoms with Gasteiger partial charge < -0.3 is 29.3 Å². The van der Waals surface area contributed by atoms with Crippen LogP contribution >= 0.6 is 11.6 Å². The van der Waals surface area contributed by atoms with Crippen LogP contribution in [0, 0.1) is 17.8 Å². The number of allylic oxidation sites excluding steroid dienone is 1. The number of carbonyl (C=O) groups excluding carboxylic acids is 4. The molecule has 0 aliphatic carbocycles. The van der Waals surface area contributed by atoms with Crippen molar-refractivity contribution in [2.24, 2.45) is 17.8 Å². The number of carbonyl (C=O) groups is 4. The van der Waals surface area contributed by atoms with Crippen molar-refractivity contribution in [3.8, 4) is 0 Å². The number of rotatable bonds is 6. The van der Waals surface area contributed by atoms with E-state index in [9.17, 15) is 24.3 Å². The number of aliphatic hydroxyl groups is 1. The van der Waals surface area contributed by atoms with Crippen LogP contribution in [0.5, 0.6) is 0 Å². The first-order chi connectivity index (χ1) is 23.5. The zero-order chi connectivity index (χ0) is 35.0. The topological polar surface area (TPSA) is 117 Å². The molecule has 3 amide bonds. The van der Waals surface area contributed by atoms with Crippen molar-refractivity contribution in [3.05, 3.63) is 89.5 Å². The van der Waals surface area contributed by atoms with Gasteiger partial charge in [0.05, 0.1) is 30.7 Å². The van der Waals surface area contributed by atoms with E-state index in [1.54, 1.807) is 65.4 Å². The number of likely N-dealkylation sites (tertiary alicyclic amines) is 1. The molecule has 6 rings (SSSR count). The van der Waals surface area contributed by atoms with Crippen LogP contribution in [0.2, 0.25) is 5.02 Å². The van der Waals surface area contributed by atoms with E-state index in [1.165, 1.54) is 4.90 Å². The third kappa shape index (κ3) is 6.30. The lowest BCUT2D eigenvalue weighted by Crippen LogP contribution is -2.58. The van der Waals surface area contributed by atoms with Crippen molar-refractivity contribution in [3.63, 3.8) is 0 Å². The Kier molecular flexibility index (Phi) is 10.0. The summed E-state index contributed by atoms with van der Waals surface area (Å²) >= 11 is 6.17. The van der Waals surface area contributed by atoms with Gasteiger partial charge >= 0.3 is 5.97 Å². The first-order valence-electron chi connectivity index (χ1n) is 17.0. The number of fused-ring (bicyclic) bond motifs is 2. The second-order valence-electron chi connectivity index (χ2n) is 13.9. The van der Waals surface area contributed by atoms with Crippen LogP contribution in [0.25, 0.3) is 0 Å². The van der Waals surface area contributed by atoms with Gasteiger partial charge in [-0.1, -0.05) is 80.1 Å². The molecule has 10 nitrogen and oxygen atoms in total. The Morgan fingerprint density at radius 1 is 1.00 bits per heavy atom. The van der Waals surface area contributed by atoms with Crippen LogP contribution in [-0.4, -0.2) is 88.6 Å². The summed E-state index contributed by atoms with van der Waals surface area (Å²) in [6.07, 6.45) is 6.41. The number of likely N-dealkylation sites (N-methyl/N-ethyl adjacent to an activating group) is 1. The summed E-state index contributed by atoms with van der Waals surface area (Å²) in [7, 11) is 1.70. The zero-order valence-electron chi connectivity index (χ0n) is 28.3. The molecule has 1 N–H and O–H groups in total. The summed E-state index contributed by atoms with van der Waals surface area (Å²) in [6.45, 7) is 5.64. The molecule has 4 aliphatic rings. The SMILES string of the molecule is CC(C)C[C@H](CO)N1C(=O)[C@H]2[C@@H]3C(=O)O[C@@H](c4ccccc4)[C@H](C)N(C)C(=O)CC/C=C\[C@@H]3O[C@]23C=CCN(c2ccc(Cl)cc2)C(=O)[C@H]13. The normalized spacial score (nSPS) is 31.8. The molecule has 11 heteroatoms. The van der Waals surface area contributed by atoms with Crippen LogP contribution in [0.1, 0.15) is 51.7 Å². The number of hydrogen-bond acceptors (Lipinski definition) is 7. The number of halogens is 1. The Morgan fingerprint density at radius 2 is 1.71 bits per heavy atom. The maximum Gasteiger partial charge on any atom is 0.313 e. The largest absolute Gasteiger partial charge is 0.455 e. The Morgan fingerprint density at radius 3 is 2.39 bits per heavy atom. The van der Waals surface area contributed by atoms with Crippen molar-refractivity contribution in [1.82, 2.24) is 9.80 Å². The summed E-state index contributed by atoms with van der Waals surface area (Å²) in [5, 5.41) is 11.2. The molecule has 0 unspecified atom stereocenters. The van der Waals surface area contributed by atoms with E-state index in [4.69, 9.17) is 21.1 Å². The fourth-order valence-corrected chi connectivity index (χ4v) is 8.02. The maximum absolute atomic E-state index is 14.9. The van der Waals surface area contributed by atoms with Crippen molar-refractivity contribution >= 4 is 41.0 Å². The highest BCUT2D eigenvalue weighted by Crippen LogP contribution is 2.54. The lowest BCUT2D eigenvalue weighted by atomic mass is 9.77. The molecule has 2 aromatic rings. The van der Waals surface area contributed by atoms with Gasteiger partial charge in [-0.3, -0.25) is 19.2 Å². The van der Waals surface area contributed by atoms with Gasteiger partial charge in [0.25, 0.3) is 5.91 Å². The number of amides is 3. The Balaban J connectivity index is 1.48. The molecule has 4 heterocycles. The third-order valence-corrected chi connectivity index (χ3v) is 10.6. The summed E-state index contributed by atoms with van der Waals surface area (Å²) in [6, 6.07) is 13.7. The van der Waals surface area contributed by atoms with E-state index in [0.29, 0.717) is 29.1 Å². The van der Waals surface area contributed by atoms with Crippen molar-refractivity contribution in [1.29, 1.82) is 0 Å². The molecule has 0 bridgehead atoms. The fourth-order valence-electron chi connectivity index (χ4n) is 7.89. The van der Waals surface area contributed by atoms with Crippen molar-refractivity contribution < 1.29 is 33.8 Å². The zero-order valence-corrected chi connectivity index (χ0v) is 29.0. The monoisotopic (exact) mass is 689 g/mol. The number of anilines is 1. The van der Waals surface area contributed by atoms with Gasteiger partial charge in [0.1, 0.15) is 23.7 Å². The quantitative estimate of drug-likeness (QED) is 0.345. The van der Waals surface area contributed by atoms with Gasteiger partial charge in [-0.05, 0) is 55.5 Å². The average molecular weight is 690 g/mol. The van der Waals surface area contributed by atoms with Crippen LogP contribution in [-0.2, 0) is 28.7 Å². The first kappa shape index (κ1) is 34.9. The molecular formula is C38H44ClN3O7. The lowest BCUT2D eigenvalue weighted by Gasteiger charge is -2.39. The van der Waals surface area contributed by atoms with Gasteiger partial charge in [-0.25, -0.2) is 0 Å². The van der Waals surface area contributed by atoms with Gasteiger partial charge in [0, 0.05) is 30.7 Å². The van der Waals surface area contributed by atoms with E-state index in [-0.39, 0.29) is 37.3 Å². The summed E-state index contributed by atoms with van der Waals surface area (Å²) in [4.78, 5) is 62.1. The van der Waals surface area contributed by atoms with E-state index >= 15 is 0 Å². The summed E-state index contributed by atoms with van der Waals surface area (Å²) in [5.41, 5.74) is -0.230. The molecule has 0 saturated carbocycles. The van der Waals surface area contributed by atoms with Crippen LogP contribution in [0.4, 0.5) is 5.69 Å². The highest BCUT2D eigenvalue weighted by molar-refractivity contribution is 6.30. The molecule has 2 aromatic carbocycles. The second-order valence-corrected chi connectivity index (χ2v) is 14.3. The minimum Gasteiger partial charge on any atom is -0.455 e. The maximum atomic E-state index is 14.9. The van der Waals surface area contributed by atoms with Crippen molar-refractivity contribution in [2.45, 2.75) is 76.0 Å². The minimum absolute atomic E-state index is 0.0975. The van der Waals surface area contributed by atoms with E-state index in [1.807, 2.05) is 51.1 Å². The number of nitrogens with zero attached hydrogens (tertiary/aromatic N) is 3. The fraction of sp³-hybridized carbons (Fsp3) is 0.474. The van der Waals surface area contributed by atoms with E-state index < -0.39 is 59.6 Å². The summed E-state index contributed by atoms with van der Waals surface area (Å²) in [5.74, 6) is -3.70. The Labute approximate surface area is 292 Å². The molecule has 260 valence electrons. The number of ether oxygens (including phenoxy) is 2. The number of aliphatic hydroxyl groups excluding tert-OH is 1. The van der Waals surface area contributed by atoms with Crippen molar-refractivity contribution in [2.75, 3.05) is 25.1 Å². The summed E-state index contributed by atoms with van der Waals surface area (Å²) < 4.78 is 13.2. The standard InChI is InChI=1S/C38H44ClN3O7/c1-23(2)21-28(22-43)42-34-36(46)41(27-17-15-26(39)16-18-27)20-10-19-38(34)32(35(42)45)31-29(49-38)13-8-9-14-30(44)40(4)24(3)33(48-37(31)47)25-11-6-5-7-12-25/h5-8,10-13,15-19,23-24,28-29,31-34,43H,9,14,20-22H2,1-4H3/b13-8-/t24-,28+,29-,31+,32+,33+,34-,38+/m0/s1. The molecule has 8 atom stereocenters. The van der Waals surface area contributed by atoms with Gasteiger partial charge in [-0.2, -0.15) is 0 Å². The first-order valence-corrected chi connectivity index (χ1v) is 17.4. The number of esters is 1. The number of cyclic esters (lactones) is 1. The molecule has 0 radical (unpaired) electrons.